The van der Waals surface area contributed by atoms with Crippen LogP contribution in [-0.4, -0.2) is 73.4 Å². The normalized spacial score (nSPS) is 13.8. The smallest absolute Gasteiger partial charge is 0.391 e. The van der Waals surface area contributed by atoms with Gasteiger partial charge in [0, 0.05) is 6.42 Å². The Morgan fingerprint density at radius 2 is 0.638 bits per heavy atom. The predicted octanol–water partition coefficient (Wildman–Crippen LogP) is 27.2. The van der Waals surface area contributed by atoms with E-state index in [-0.39, 0.29) is 19.1 Å². The highest BCUT2D eigenvalue weighted by molar-refractivity contribution is 7.47. The minimum absolute atomic E-state index is 0.0760. The molecular formula is C85H162N2O6P+. The molecule has 8 nitrogen and oxygen atoms in total. The van der Waals surface area contributed by atoms with E-state index in [0.29, 0.717) is 23.9 Å². The Labute approximate surface area is 586 Å². The molecule has 0 radical (unpaired) electrons. The lowest BCUT2D eigenvalue weighted by molar-refractivity contribution is -0.870. The Morgan fingerprint density at radius 3 is 0.936 bits per heavy atom. The van der Waals surface area contributed by atoms with Crippen LogP contribution in [0.4, 0.5) is 0 Å². The third-order valence-electron chi connectivity index (χ3n) is 19.0. The second kappa shape index (κ2) is 75.1. The van der Waals surface area contributed by atoms with Crippen LogP contribution in [-0.2, 0) is 18.4 Å². The summed E-state index contributed by atoms with van der Waals surface area (Å²) < 4.78 is 24.0. The number of phosphoric acid groups is 1. The molecule has 1 amide bonds. The minimum atomic E-state index is -4.34. The molecule has 0 saturated carbocycles. The summed E-state index contributed by atoms with van der Waals surface area (Å²) in [7, 11) is 1.63. The third kappa shape index (κ3) is 77.3. The van der Waals surface area contributed by atoms with E-state index in [1.54, 1.807) is 0 Å². The van der Waals surface area contributed by atoms with Gasteiger partial charge >= 0.3 is 7.82 Å². The van der Waals surface area contributed by atoms with E-state index in [1.165, 1.54) is 308 Å². The lowest BCUT2D eigenvalue weighted by Crippen LogP contribution is -2.46. The molecule has 0 saturated heterocycles. The van der Waals surface area contributed by atoms with Crippen molar-refractivity contribution in [2.24, 2.45) is 0 Å². The Bertz CT molecular complexity index is 1770. The Hall–Kier alpha value is -2.06. The maximum Gasteiger partial charge on any atom is 0.472 e. The van der Waals surface area contributed by atoms with Crippen molar-refractivity contribution in [2.45, 2.75) is 424 Å². The van der Waals surface area contributed by atoms with Crippen LogP contribution >= 0.6 is 7.82 Å². The Kier molecular flexibility index (Phi) is 73.5. The van der Waals surface area contributed by atoms with Crippen LogP contribution in [0.25, 0.3) is 0 Å². The van der Waals surface area contributed by atoms with Crippen molar-refractivity contribution in [1.29, 1.82) is 0 Å². The van der Waals surface area contributed by atoms with Crippen LogP contribution < -0.4 is 5.32 Å². The maximum absolute atomic E-state index is 13.1. The van der Waals surface area contributed by atoms with E-state index in [0.717, 1.165) is 77.0 Å². The first-order valence-electron chi connectivity index (χ1n) is 41.3. The number of quaternary nitrogens is 1. The van der Waals surface area contributed by atoms with Gasteiger partial charge in [0.1, 0.15) is 13.2 Å². The van der Waals surface area contributed by atoms with E-state index in [9.17, 15) is 19.4 Å². The largest absolute Gasteiger partial charge is 0.472 e. The summed E-state index contributed by atoms with van der Waals surface area (Å²) >= 11 is 0. The molecule has 3 N–H and O–H groups in total. The molecule has 0 spiro atoms. The van der Waals surface area contributed by atoms with Crippen molar-refractivity contribution < 1.29 is 32.9 Å². The van der Waals surface area contributed by atoms with Gasteiger partial charge in [0.05, 0.1) is 39.9 Å². The SMILES string of the molecule is CC/C=C\C/C=C\C/C=C\C/C=C\C/C=C\C/C=C\CCCCCCCCCCCCCCCCCCCCCCCCC(=O)NC(COP(=O)(O)OCC[N+](C)(C)C)C(O)CCCCCCCCCCCCCCCCCCCCCCCCCCCCCCCCC. The summed E-state index contributed by atoms with van der Waals surface area (Å²) in [6, 6.07) is -0.763. The van der Waals surface area contributed by atoms with Gasteiger partial charge in [-0.2, -0.15) is 0 Å². The minimum Gasteiger partial charge on any atom is -0.391 e. The van der Waals surface area contributed by atoms with E-state index in [4.69, 9.17) is 9.05 Å². The lowest BCUT2D eigenvalue weighted by Gasteiger charge is -2.26. The lowest BCUT2D eigenvalue weighted by atomic mass is 10.0. The van der Waals surface area contributed by atoms with Crippen LogP contribution in [0.5, 0.6) is 0 Å². The number of unbranched alkanes of at least 4 members (excludes halogenated alkanes) is 52. The molecule has 3 atom stereocenters. The number of nitrogens with zero attached hydrogens (tertiary/aromatic N) is 1. The number of nitrogens with one attached hydrogen (secondary N) is 1. The fourth-order valence-electron chi connectivity index (χ4n) is 12.6. The highest BCUT2D eigenvalue weighted by Gasteiger charge is 2.28. The highest BCUT2D eigenvalue weighted by Crippen LogP contribution is 2.43. The summed E-state index contributed by atoms with van der Waals surface area (Å²) in [5.41, 5.74) is 0. The highest BCUT2D eigenvalue weighted by atomic mass is 31.2. The van der Waals surface area contributed by atoms with Crippen LogP contribution in [0.15, 0.2) is 72.9 Å². The summed E-state index contributed by atoms with van der Waals surface area (Å²) in [6.07, 6.45) is 106. The summed E-state index contributed by atoms with van der Waals surface area (Å²) in [5.74, 6) is -0.136. The summed E-state index contributed by atoms with van der Waals surface area (Å²) in [5, 5.41) is 14.2. The third-order valence-corrected chi connectivity index (χ3v) is 20.0. The van der Waals surface area contributed by atoms with Crippen molar-refractivity contribution in [1.82, 2.24) is 5.32 Å². The number of aliphatic hydroxyl groups is 1. The first kappa shape index (κ1) is 91.9. The molecule has 0 heterocycles. The number of carbonyl (C=O) groups excluding carboxylic acids is 1. The van der Waals surface area contributed by atoms with Gasteiger partial charge in [-0.15, -0.1) is 0 Å². The van der Waals surface area contributed by atoms with Crippen molar-refractivity contribution in [3.8, 4) is 0 Å². The zero-order valence-electron chi connectivity index (χ0n) is 63.5. The van der Waals surface area contributed by atoms with Crippen molar-refractivity contribution in [3.05, 3.63) is 72.9 Å². The summed E-state index contributed by atoms with van der Waals surface area (Å²) in [4.78, 5) is 23.6. The predicted molar refractivity (Wildman–Crippen MR) is 415 cm³/mol. The molecule has 0 rings (SSSR count). The molecule has 0 aromatic rings. The molecule has 0 aliphatic rings. The van der Waals surface area contributed by atoms with Gasteiger partial charge in [0.25, 0.3) is 0 Å². The van der Waals surface area contributed by atoms with Gasteiger partial charge in [0.2, 0.25) is 5.91 Å². The van der Waals surface area contributed by atoms with Gasteiger partial charge in [-0.25, -0.2) is 4.57 Å². The molecule has 0 aromatic carbocycles. The van der Waals surface area contributed by atoms with Crippen LogP contribution in [0.3, 0.4) is 0 Å². The average Bonchev–Trinajstić information content (AvgIpc) is 1.77. The van der Waals surface area contributed by atoms with Crippen molar-refractivity contribution in [3.63, 3.8) is 0 Å². The number of rotatable bonds is 77. The molecule has 9 heteroatoms. The number of amides is 1. The van der Waals surface area contributed by atoms with Crippen LogP contribution in [0.1, 0.15) is 412 Å². The van der Waals surface area contributed by atoms with Gasteiger partial charge < -0.3 is 19.8 Å². The standard InChI is InChI=1S/C85H161N2O6P/c1-6-8-10-12-14-16-18-20-22-24-26-28-30-32-34-36-38-39-40-41-42-43-44-45-46-47-49-51-53-55-57-59-61-63-65-67-69-71-73-75-77-79-85(89)86-83(82-93-94(90,91)92-81-80-87(3,4)5)84(88)78-76-74-72-70-68-66-64-62-60-58-56-54-52-50-48-37-35-33-31-29-27-25-23-21-19-17-15-13-11-9-7-2/h8,10,14,16,20,22,26,28,32,34,38-39,83-84,88H,6-7,9,11-13,15,17-19,21,23-25,27,29-31,33,35-37,40-82H2,1-5H3,(H-,86,89,90,91)/p+1/b10-8-,16-14-,22-20-,28-26-,34-32-,39-38-. The number of allylic oxidation sites excluding steroid dienone is 12. The Morgan fingerprint density at radius 1 is 0.372 bits per heavy atom. The summed E-state index contributed by atoms with van der Waals surface area (Å²) in [6.45, 7) is 4.83. The number of aliphatic hydroxyl groups excluding tert-OH is 1. The van der Waals surface area contributed by atoms with Gasteiger partial charge in [-0.1, -0.05) is 414 Å². The molecule has 0 aliphatic heterocycles. The van der Waals surface area contributed by atoms with Crippen LogP contribution in [0, 0.1) is 0 Å². The fraction of sp³-hybridized carbons (Fsp3) is 0.847. The van der Waals surface area contributed by atoms with E-state index in [2.05, 4.69) is 92.1 Å². The van der Waals surface area contributed by atoms with Crippen molar-refractivity contribution in [2.75, 3.05) is 40.9 Å². The number of phosphoric ester groups is 1. The van der Waals surface area contributed by atoms with Crippen LogP contribution in [0.2, 0.25) is 0 Å². The Balaban J connectivity index is 3.90. The van der Waals surface area contributed by atoms with E-state index >= 15 is 0 Å². The number of hydrogen-bond acceptors (Lipinski definition) is 5. The molecule has 0 aliphatic carbocycles. The number of hydrogen-bond donors (Lipinski definition) is 3. The molecule has 94 heavy (non-hydrogen) atoms. The zero-order valence-corrected chi connectivity index (χ0v) is 64.4. The molecular weight excluding hydrogens is 1180 g/mol. The van der Waals surface area contributed by atoms with E-state index in [1.807, 2.05) is 21.1 Å². The van der Waals surface area contributed by atoms with E-state index < -0.39 is 20.0 Å². The molecule has 3 unspecified atom stereocenters. The second-order valence-corrected chi connectivity index (χ2v) is 30.9. The number of likely N-dealkylation sites (N-methyl/N-ethyl adjacent to an activating group) is 1. The molecule has 0 aromatic heterocycles. The maximum atomic E-state index is 13.1. The molecule has 0 fully saturated rings. The van der Waals surface area contributed by atoms with Gasteiger partial charge in [0.15, 0.2) is 0 Å². The second-order valence-electron chi connectivity index (χ2n) is 29.5. The topological polar surface area (TPSA) is 105 Å². The fourth-order valence-corrected chi connectivity index (χ4v) is 13.4. The first-order chi connectivity index (χ1) is 46.0. The first-order valence-corrected chi connectivity index (χ1v) is 42.8. The number of carbonyl (C=O) groups is 1. The average molecular weight is 1340 g/mol. The van der Waals surface area contributed by atoms with Gasteiger partial charge in [-0.3, -0.25) is 13.8 Å². The van der Waals surface area contributed by atoms with Crippen molar-refractivity contribution >= 4 is 13.7 Å². The molecule has 0 bridgehead atoms. The zero-order chi connectivity index (χ0) is 68.3. The van der Waals surface area contributed by atoms with Gasteiger partial charge in [-0.05, 0) is 64.2 Å². The molecule has 552 valence electrons. The quantitative estimate of drug-likeness (QED) is 0.0243. The monoisotopic (exact) mass is 1340 g/mol.